The van der Waals surface area contributed by atoms with E-state index in [1.165, 1.54) is 0 Å². The highest BCUT2D eigenvalue weighted by molar-refractivity contribution is 6.32. The van der Waals surface area contributed by atoms with Crippen LogP contribution < -0.4 is 5.46 Å². The van der Waals surface area contributed by atoms with Crippen LogP contribution in [0.3, 0.4) is 0 Å². The molecule has 0 N–H and O–H groups in total. The van der Waals surface area contributed by atoms with Crippen LogP contribution in [-0.4, -0.2) is 19.9 Å². The summed E-state index contributed by atoms with van der Waals surface area (Å²) >= 11 is 0. The monoisotopic (exact) mass is 186 g/mol. The van der Waals surface area contributed by atoms with E-state index in [9.17, 15) is 9.59 Å². The molecule has 0 bridgehead atoms. The van der Waals surface area contributed by atoms with Gasteiger partial charge in [0.05, 0.1) is 6.42 Å². The maximum atomic E-state index is 11.0. The zero-order valence-electron chi connectivity index (χ0n) is 7.90. The third-order valence-electron chi connectivity index (χ3n) is 1.98. The van der Waals surface area contributed by atoms with Crippen molar-refractivity contribution in [1.29, 1.82) is 0 Å². The molecule has 0 atom stereocenters. The molecule has 14 heavy (non-hydrogen) atoms. The van der Waals surface area contributed by atoms with Gasteiger partial charge in [-0.05, 0) is 12.0 Å². The van der Waals surface area contributed by atoms with E-state index >= 15 is 0 Å². The Labute approximate surface area is 84.7 Å². The van der Waals surface area contributed by atoms with Gasteiger partial charge < -0.3 is 4.79 Å². The van der Waals surface area contributed by atoms with Crippen LogP contribution >= 0.6 is 0 Å². The Kier molecular flexibility index (Phi) is 4.11. The first-order valence-electron chi connectivity index (χ1n) is 4.52. The first kappa shape index (κ1) is 10.7. The minimum atomic E-state index is -0.0168. The summed E-state index contributed by atoms with van der Waals surface area (Å²) in [7, 11) is 5.52. The molecule has 0 aromatic heterocycles. The number of carbonyl (C=O) groups excluding carboxylic acids is 2. The Bertz CT molecular complexity index is 317. The zero-order valence-corrected chi connectivity index (χ0v) is 7.90. The molecule has 0 saturated heterocycles. The van der Waals surface area contributed by atoms with Crippen molar-refractivity contribution >= 4 is 25.4 Å². The standard InChI is InChI=1S/C11H11BO2/c12-10-4-1-9(2-5-10)3-6-11(14)7-8-13/h1-2,4-5,8H,3,6-7H2. The second-order valence-corrected chi connectivity index (χ2v) is 3.15. The molecule has 1 rings (SSSR count). The highest BCUT2D eigenvalue weighted by Crippen LogP contribution is 2.02. The molecule has 0 saturated carbocycles. The molecule has 0 aliphatic rings. The van der Waals surface area contributed by atoms with Gasteiger partial charge in [0.1, 0.15) is 19.9 Å². The number of Topliss-reactive ketones (excluding diaryl/α,β-unsaturated/α-hetero) is 1. The second kappa shape index (κ2) is 5.38. The third-order valence-corrected chi connectivity index (χ3v) is 1.98. The van der Waals surface area contributed by atoms with Gasteiger partial charge in [0.15, 0.2) is 0 Å². The molecule has 3 heteroatoms. The van der Waals surface area contributed by atoms with E-state index in [2.05, 4.69) is 0 Å². The van der Waals surface area contributed by atoms with Crippen LogP contribution in [0.2, 0.25) is 0 Å². The summed E-state index contributed by atoms with van der Waals surface area (Å²) in [5.41, 5.74) is 1.78. The summed E-state index contributed by atoms with van der Waals surface area (Å²) in [4.78, 5) is 21.1. The van der Waals surface area contributed by atoms with Crippen molar-refractivity contribution in [2.45, 2.75) is 19.3 Å². The Morgan fingerprint density at radius 1 is 1.29 bits per heavy atom. The van der Waals surface area contributed by atoms with Gasteiger partial charge in [-0.3, -0.25) is 4.79 Å². The molecule has 0 unspecified atom stereocenters. The molecule has 2 nitrogen and oxygen atoms in total. The minimum absolute atomic E-state index is 0.0168. The SMILES string of the molecule is [B]c1ccc(CCC(=O)CC=O)cc1. The normalized spacial score (nSPS) is 9.71. The topological polar surface area (TPSA) is 34.1 Å². The van der Waals surface area contributed by atoms with Crippen molar-refractivity contribution in [3.05, 3.63) is 29.8 Å². The van der Waals surface area contributed by atoms with E-state index in [1.54, 1.807) is 12.1 Å². The Morgan fingerprint density at radius 2 is 1.93 bits per heavy atom. The largest absolute Gasteiger partial charge is 0.303 e. The van der Waals surface area contributed by atoms with Crippen LogP contribution in [0.4, 0.5) is 0 Å². The number of aryl methyl sites for hydroxylation is 1. The van der Waals surface area contributed by atoms with Crippen LogP contribution in [0.1, 0.15) is 18.4 Å². The van der Waals surface area contributed by atoms with E-state index in [1.807, 2.05) is 12.1 Å². The van der Waals surface area contributed by atoms with E-state index in [-0.39, 0.29) is 12.2 Å². The number of rotatable bonds is 5. The van der Waals surface area contributed by atoms with Gasteiger partial charge in [0.2, 0.25) is 0 Å². The lowest BCUT2D eigenvalue weighted by atomic mass is 9.94. The number of hydrogen-bond acceptors (Lipinski definition) is 2. The van der Waals surface area contributed by atoms with Crippen LogP contribution in [-0.2, 0) is 16.0 Å². The number of aldehydes is 1. The number of benzene rings is 1. The van der Waals surface area contributed by atoms with Crippen LogP contribution in [0.25, 0.3) is 0 Å². The van der Waals surface area contributed by atoms with Crippen molar-refractivity contribution < 1.29 is 9.59 Å². The molecule has 0 aliphatic heterocycles. The van der Waals surface area contributed by atoms with Crippen molar-refractivity contribution in [1.82, 2.24) is 0 Å². The van der Waals surface area contributed by atoms with E-state index in [0.29, 0.717) is 24.6 Å². The molecule has 0 fully saturated rings. The fraction of sp³-hybridized carbons (Fsp3) is 0.273. The third kappa shape index (κ3) is 3.56. The van der Waals surface area contributed by atoms with Crippen molar-refractivity contribution in [2.75, 3.05) is 0 Å². The molecule has 0 amide bonds. The smallest absolute Gasteiger partial charge is 0.140 e. The summed E-state index contributed by atoms with van der Waals surface area (Å²) in [6.45, 7) is 0. The van der Waals surface area contributed by atoms with Gasteiger partial charge in [-0.1, -0.05) is 29.7 Å². The number of ketones is 1. The first-order chi connectivity index (χ1) is 6.72. The maximum Gasteiger partial charge on any atom is 0.140 e. The summed E-state index contributed by atoms with van der Waals surface area (Å²) in [6, 6.07) is 7.39. The van der Waals surface area contributed by atoms with Crippen molar-refractivity contribution in [2.24, 2.45) is 0 Å². The second-order valence-electron chi connectivity index (χ2n) is 3.15. The number of carbonyl (C=O) groups is 2. The van der Waals surface area contributed by atoms with Crippen molar-refractivity contribution in [3.8, 4) is 0 Å². The van der Waals surface area contributed by atoms with Gasteiger partial charge in [0, 0.05) is 6.42 Å². The molecule has 1 aromatic rings. The Morgan fingerprint density at radius 3 is 2.50 bits per heavy atom. The fourth-order valence-corrected chi connectivity index (χ4v) is 1.16. The molecule has 0 heterocycles. The molecular formula is C11H11BO2. The van der Waals surface area contributed by atoms with E-state index in [4.69, 9.17) is 7.85 Å². The maximum absolute atomic E-state index is 11.0. The Balaban J connectivity index is 2.41. The van der Waals surface area contributed by atoms with Gasteiger partial charge in [-0.25, -0.2) is 0 Å². The summed E-state index contributed by atoms with van der Waals surface area (Å²) in [5, 5.41) is 0. The first-order valence-corrected chi connectivity index (χ1v) is 4.52. The molecular weight excluding hydrogens is 175 g/mol. The van der Waals surface area contributed by atoms with Crippen molar-refractivity contribution in [3.63, 3.8) is 0 Å². The predicted molar refractivity (Wildman–Crippen MR) is 55.8 cm³/mol. The zero-order chi connectivity index (χ0) is 10.4. The van der Waals surface area contributed by atoms with Gasteiger partial charge in [-0.2, -0.15) is 0 Å². The van der Waals surface area contributed by atoms with Gasteiger partial charge in [-0.15, -0.1) is 0 Å². The van der Waals surface area contributed by atoms with Crippen LogP contribution in [0.5, 0.6) is 0 Å². The number of hydrogen-bond donors (Lipinski definition) is 0. The highest BCUT2D eigenvalue weighted by Gasteiger charge is 2.01. The van der Waals surface area contributed by atoms with Crippen LogP contribution in [0, 0.1) is 0 Å². The lowest BCUT2D eigenvalue weighted by Crippen LogP contribution is -2.03. The summed E-state index contributed by atoms with van der Waals surface area (Å²) in [5.74, 6) is -0.0168. The molecule has 1 aromatic carbocycles. The quantitative estimate of drug-likeness (QED) is 0.382. The van der Waals surface area contributed by atoms with E-state index < -0.39 is 0 Å². The van der Waals surface area contributed by atoms with E-state index in [0.717, 1.165) is 5.56 Å². The minimum Gasteiger partial charge on any atom is -0.303 e. The average molecular weight is 186 g/mol. The summed E-state index contributed by atoms with van der Waals surface area (Å²) in [6.07, 6.45) is 1.76. The average Bonchev–Trinajstić information content (AvgIpc) is 2.17. The molecule has 70 valence electrons. The van der Waals surface area contributed by atoms with Gasteiger partial charge in [0.25, 0.3) is 0 Å². The highest BCUT2D eigenvalue weighted by atomic mass is 16.1. The molecule has 0 aliphatic carbocycles. The van der Waals surface area contributed by atoms with Gasteiger partial charge >= 0.3 is 0 Å². The predicted octanol–water partition coefficient (Wildman–Crippen LogP) is 0.571. The summed E-state index contributed by atoms with van der Waals surface area (Å²) < 4.78 is 0. The lowest BCUT2D eigenvalue weighted by Gasteiger charge is -2.00. The van der Waals surface area contributed by atoms with Crippen LogP contribution in [0.15, 0.2) is 24.3 Å². The fourth-order valence-electron chi connectivity index (χ4n) is 1.16. The molecule has 2 radical (unpaired) electrons. The molecule has 0 spiro atoms. The lowest BCUT2D eigenvalue weighted by molar-refractivity contribution is -0.122. The Hall–Kier alpha value is -1.38.